The molecule has 0 aliphatic heterocycles. The molecule has 3 rings (SSSR count). The summed E-state index contributed by atoms with van der Waals surface area (Å²) in [4.78, 5) is 28.5. The molecule has 0 spiro atoms. The van der Waals surface area contributed by atoms with E-state index in [0.717, 1.165) is 21.0 Å². The first-order valence-electron chi connectivity index (χ1n) is 13.0. The highest BCUT2D eigenvalue weighted by Gasteiger charge is 2.33. The van der Waals surface area contributed by atoms with E-state index in [1.807, 2.05) is 52.0 Å². The Balaban J connectivity index is 2.06. The summed E-state index contributed by atoms with van der Waals surface area (Å²) in [6.07, 6.45) is 0.374. The van der Waals surface area contributed by atoms with Crippen LogP contribution in [0.5, 0.6) is 5.75 Å². The lowest BCUT2D eigenvalue weighted by molar-refractivity contribution is -0.140. The SMILES string of the molecule is CCNC(=O)[C@@H](CC)N(Cc1ccccc1C)C(=O)CN(c1ccc(C)cc1)S(=O)(=O)c1ccc(OC)cc1. The van der Waals surface area contributed by atoms with Gasteiger partial charge in [0.15, 0.2) is 0 Å². The van der Waals surface area contributed by atoms with Crippen molar-refractivity contribution in [2.75, 3.05) is 24.5 Å². The van der Waals surface area contributed by atoms with Crippen molar-refractivity contribution in [3.8, 4) is 5.75 Å². The van der Waals surface area contributed by atoms with E-state index in [2.05, 4.69) is 5.32 Å². The summed E-state index contributed by atoms with van der Waals surface area (Å²) in [6.45, 7) is 7.62. The summed E-state index contributed by atoms with van der Waals surface area (Å²) in [5, 5.41) is 2.81. The van der Waals surface area contributed by atoms with E-state index >= 15 is 0 Å². The van der Waals surface area contributed by atoms with Gasteiger partial charge in [-0.3, -0.25) is 13.9 Å². The minimum atomic E-state index is -4.13. The molecule has 39 heavy (non-hydrogen) atoms. The van der Waals surface area contributed by atoms with Crippen molar-refractivity contribution in [1.82, 2.24) is 10.2 Å². The number of nitrogens with zero attached hydrogens (tertiary/aromatic N) is 2. The molecule has 0 saturated carbocycles. The van der Waals surface area contributed by atoms with Gasteiger partial charge in [0.2, 0.25) is 11.8 Å². The lowest BCUT2D eigenvalue weighted by Crippen LogP contribution is -2.52. The normalized spacial score (nSPS) is 11.9. The topological polar surface area (TPSA) is 96.0 Å². The minimum Gasteiger partial charge on any atom is -0.497 e. The molecule has 3 aromatic rings. The fraction of sp³-hybridized carbons (Fsp3) is 0.333. The molecule has 0 radical (unpaired) electrons. The van der Waals surface area contributed by atoms with Crippen molar-refractivity contribution in [1.29, 1.82) is 0 Å². The van der Waals surface area contributed by atoms with E-state index in [0.29, 0.717) is 24.4 Å². The molecule has 0 aliphatic rings. The highest BCUT2D eigenvalue weighted by molar-refractivity contribution is 7.92. The van der Waals surface area contributed by atoms with E-state index in [-0.39, 0.29) is 17.3 Å². The van der Waals surface area contributed by atoms with E-state index in [1.165, 1.54) is 24.1 Å². The molecule has 0 saturated heterocycles. The molecule has 9 heteroatoms. The number of carbonyl (C=O) groups is 2. The third-order valence-corrected chi connectivity index (χ3v) is 8.38. The van der Waals surface area contributed by atoms with Crippen LogP contribution in [0.4, 0.5) is 5.69 Å². The lowest BCUT2D eigenvalue weighted by Gasteiger charge is -2.33. The number of methoxy groups -OCH3 is 1. The number of sulfonamides is 1. The number of hydrogen-bond donors (Lipinski definition) is 1. The highest BCUT2D eigenvalue weighted by atomic mass is 32.2. The molecule has 3 aromatic carbocycles. The van der Waals surface area contributed by atoms with Crippen molar-refractivity contribution < 1.29 is 22.7 Å². The number of anilines is 1. The number of amides is 2. The van der Waals surface area contributed by atoms with E-state index in [9.17, 15) is 18.0 Å². The van der Waals surface area contributed by atoms with E-state index < -0.39 is 28.5 Å². The van der Waals surface area contributed by atoms with Crippen LogP contribution >= 0.6 is 0 Å². The number of hydrogen-bond acceptors (Lipinski definition) is 5. The molecule has 0 aromatic heterocycles. The van der Waals surface area contributed by atoms with Crippen molar-refractivity contribution in [2.45, 2.75) is 51.6 Å². The summed E-state index contributed by atoms with van der Waals surface area (Å²) in [5.41, 5.74) is 3.16. The van der Waals surface area contributed by atoms with Crippen LogP contribution in [0, 0.1) is 13.8 Å². The first-order chi connectivity index (χ1) is 18.6. The molecule has 0 fully saturated rings. The quantitative estimate of drug-likeness (QED) is 0.359. The maximum Gasteiger partial charge on any atom is 0.264 e. The van der Waals surface area contributed by atoms with Gasteiger partial charge in [0, 0.05) is 13.1 Å². The second-order valence-electron chi connectivity index (χ2n) is 9.29. The third kappa shape index (κ3) is 7.17. The summed E-state index contributed by atoms with van der Waals surface area (Å²) < 4.78 is 34.1. The smallest absolute Gasteiger partial charge is 0.264 e. The standard InChI is InChI=1S/C30H37N3O5S/c1-6-28(30(35)31-7-2)32(20-24-11-9-8-10-23(24)4)29(34)21-33(25-14-12-22(3)13-15-25)39(36,37)27-18-16-26(38-5)17-19-27/h8-19,28H,6-7,20-21H2,1-5H3,(H,31,35)/t28-/m1/s1. The van der Waals surface area contributed by atoms with Gasteiger partial charge in [0.25, 0.3) is 10.0 Å². The Kier molecular flexibility index (Phi) is 10.1. The monoisotopic (exact) mass is 551 g/mol. The third-order valence-electron chi connectivity index (χ3n) is 6.59. The van der Waals surface area contributed by atoms with Crippen LogP contribution in [0.1, 0.15) is 37.0 Å². The van der Waals surface area contributed by atoms with Gasteiger partial charge < -0.3 is 15.0 Å². The van der Waals surface area contributed by atoms with Crippen molar-refractivity contribution in [2.24, 2.45) is 0 Å². The van der Waals surface area contributed by atoms with Crippen LogP contribution < -0.4 is 14.4 Å². The molecule has 2 amide bonds. The molecule has 0 heterocycles. The second-order valence-corrected chi connectivity index (χ2v) is 11.2. The number of carbonyl (C=O) groups excluding carboxylic acids is 2. The van der Waals surface area contributed by atoms with E-state index in [1.54, 1.807) is 36.4 Å². The fourth-order valence-corrected chi connectivity index (χ4v) is 5.71. The zero-order valence-corrected chi connectivity index (χ0v) is 24.0. The zero-order chi connectivity index (χ0) is 28.6. The van der Waals surface area contributed by atoms with Gasteiger partial charge in [-0.05, 0) is 74.7 Å². The van der Waals surface area contributed by atoms with Gasteiger partial charge in [0.1, 0.15) is 18.3 Å². The molecule has 1 N–H and O–H groups in total. The number of nitrogens with one attached hydrogen (secondary N) is 1. The highest BCUT2D eigenvalue weighted by Crippen LogP contribution is 2.26. The van der Waals surface area contributed by atoms with Crippen molar-refractivity contribution >= 4 is 27.5 Å². The average Bonchev–Trinajstić information content (AvgIpc) is 2.93. The van der Waals surface area contributed by atoms with Gasteiger partial charge >= 0.3 is 0 Å². The van der Waals surface area contributed by atoms with Crippen molar-refractivity contribution in [3.63, 3.8) is 0 Å². The number of ether oxygens (including phenoxy) is 1. The summed E-state index contributed by atoms with van der Waals surface area (Å²) in [7, 11) is -2.63. The maximum atomic E-state index is 14.0. The van der Waals surface area contributed by atoms with Crippen molar-refractivity contribution in [3.05, 3.63) is 89.5 Å². The maximum absolute atomic E-state index is 14.0. The Morgan fingerprint density at radius 1 is 0.923 bits per heavy atom. The van der Waals surface area contributed by atoms with Crippen LogP contribution in [-0.4, -0.2) is 51.4 Å². The fourth-order valence-electron chi connectivity index (χ4n) is 4.30. The number of aryl methyl sites for hydroxylation is 2. The van der Waals surface area contributed by atoms with E-state index in [4.69, 9.17) is 4.74 Å². The van der Waals surface area contributed by atoms with Gasteiger partial charge in [-0.1, -0.05) is 48.9 Å². The largest absolute Gasteiger partial charge is 0.497 e. The molecule has 1 atom stereocenters. The molecule has 0 bridgehead atoms. The molecular formula is C30H37N3O5S. The van der Waals surface area contributed by atoms with Crippen LogP contribution in [0.25, 0.3) is 0 Å². The Bertz CT molecular complexity index is 1370. The first-order valence-corrected chi connectivity index (χ1v) is 14.4. The molecule has 8 nitrogen and oxygen atoms in total. The molecule has 0 aliphatic carbocycles. The minimum absolute atomic E-state index is 0.0258. The predicted molar refractivity (Wildman–Crippen MR) is 153 cm³/mol. The van der Waals surface area contributed by atoms with Gasteiger partial charge in [-0.25, -0.2) is 8.42 Å². The Morgan fingerprint density at radius 2 is 1.56 bits per heavy atom. The van der Waals surface area contributed by atoms with Crippen LogP contribution in [0.3, 0.4) is 0 Å². The Morgan fingerprint density at radius 3 is 2.13 bits per heavy atom. The number of benzene rings is 3. The van der Waals surface area contributed by atoms with Crippen LogP contribution in [-0.2, 0) is 26.2 Å². The number of likely N-dealkylation sites (N-methyl/N-ethyl adjacent to an activating group) is 1. The lowest BCUT2D eigenvalue weighted by atomic mass is 10.1. The van der Waals surface area contributed by atoms with Gasteiger partial charge in [-0.2, -0.15) is 0 Å². The summed E-state index contributed by atoms with van der Waals surface area (Å²) in [5.74, 6) is -0.236. The summed E-state index contributed by atoms with van der Waals surface area (Å²) in [6, 6.07) is 19.9. The second kappa shape index (κ2) is 13.3. The van der Waals surface area contributed by atoms with Crippen LogP contribution in [0.2, 0.25) is 0 Å². The van der Waals surface area contributed by atoms with Gasteiger partial charge in [0.05, 0.1) is 17.7 Å². The number of rotatable bonds is 12. The predicted octanol–water partition coefficient (Wildman–Crippen LogP) is 4.45. The van der Waals surface area contributed by atoms with Gasteiger partial charge in [-0.15, -0.1) is 0 Å². The zero-order valence-electron chi connectivity index (χ0n) is 23.2. The Labute approximate surface area is 231 Å². The molecule has 208 valence electrons. The molecular weight excluding hydrogens is 514 g/mol. The molecule has 0 unspecified atom stereocenters. The Hall–Kier alpha value is -3.85. The first kappa shape index (κ1) is 29.7. The van der Waals surface area contributed by atoms with Crippen LogP contribution in [0.15, 0.2) is 77.7 Å². The summed E-state index contributed by atoms with van der Waals surface area (Å²) >= 11 is 0. The average molecular weight is 552 g/mol.